The van der Waals surface area contributed by atoms with Crippen molar-refractivity contribution in [3.63, 3.8) is 0 Å². The molecule has 0 spiro atoms. The van der Waals surface area contributed by atoms with Crippen LogP contribution in [0.2, 0.25) is 5.02 Å². The van der Waals surface area contributed by atoms with Crippen LogP contribution >= 0.6 is 11.6 Å². The number of carbonyl (C=O) groups is 2. The van der Waals surface area contributed by atoms with Crippen molar-refractivity contribution < 1.29 is 22.9 Å². The van der Waals surface area contributed by atoms with Gasteiger partial charge in [0.15, 0.2) is 21.4 Å². The zero-order chi connectivity index (χ0) is 23.5. The topological polar surface area (TPSA) is 111 Å². The van der Waals surface area contributed by atoms with Crippen molar-refractivity contribution in [1.29, 1.82) is 0 Å². The number of benzene rings is 3. The number of rotatable bonds is 8. The van der Waals surface area contributed by atoms with Crippen LogP contribution in [0.1, 0.15) is 32.7 Å². The third kappa shape index (κ3) is 5.09. The lowest BCUT2D eigenvalue weighted by molar-refractivity contribution is -0.384. The third-order valence-corrected chi connectivity index (χ3v) is 7.21. The van der Waals surface area contributed by atoms with Crippen molar-refractivity contribution >= 4 is 38.7 Å². The summed E-state index contributed by atoms with van der Waals surface area (Å²) in [6.07, 6.45) is -0.668. The molecule has 0 amide bonds. The van der Waals surface area contributed by atoms with Gasteiger partial charge in [-0.3, -0.25) is 19.7 Å². The molecule has 7 nitrogen and oxygen atoms in total. The molecule has 0 aliphatic rings. The maximum absolute atomic E-state index is 13.4. The zero-order valence-electron chi connectivity index (χ0n) is 16.9. The standard InChI is InChI=1S/C23H18ClNO6S/c1-15-5-11-20(12-6-15)32(30,31)22(23(27)16-7-9-18(24)10-8-16)14-21(26)17-3-2-4-19(13-17)25(28)29/h2-13,22H,14H2,1H3/t22-/m0/s1. The molecular weight excluding hydrogens is 454 g/mol. The molecule has 164 valence electrons. The fraction of sp³-hybridized carbons (Fsp3) is 0.130. The Morgan fingerprint density at radius 3 is 2.19 bits per heavy atom. The van der Waals surface area contributed by atoms with Gasteiger partial charge in [0.1, 0.15) is 5.25 Å². The van der Waals surface area contributed by atoms with E-state index < -0.39 is 38.0 Å². The highest BCUT2D eigenvalue weighted by Crippen LogP contribution is 2.25. The summed E-state index contributed by atoms with van der Waals surface area (Å²) < 4.78 is 26.7. The van der Waals surface area contributed by atoms with Crippen molar-refractivity contribution in [2.45, 2.75) is 23.5 Å². The molecule has 0 aliphatic carbocycles. The molecule has 0 aromatic heterocycles. The van der Waals surface area contributed by atoms with Gasteiger partial charge in [-0.15, -0.1) is 0 Å². The van der Waals surface area contributed by atoms with Crippen molar-refractivity contribution in [3.8, 4) is 0 Å². The van der Waals surface area contributed by atoms with E-state index >= 15 is 0 Å². The number of nitrogens with zero attached hydrogens (tertiary/aromatic N) is 1. The molecule has 0 aliphatic heterocycles. The second-order valence-corrected chi connectivity index (χ2v) is 9.72. The Hall–Kier alpha value is -3.36. The van der Waals surface area contributed by atoms with E-state index in [4.69, 9.17) is 11.6 Å². The maximum Gasteiger partial charge on any atom is 0.270 e. The molecule has 0 saturated carbocycles. The molecular formula is C23H18ClNO6S. The Balaban J connectivity index is 2.03. The van der Waals surface area contributed by atoms with Gasteiger partial charge in [-0.25, -0.2) is 8.42 Å². The fourth-order valence-corrected chi connectivity index (χ4v) is 4.87. The van der Waals surface area contributed by atoms with E-state index in [9.17, 15) is 28.1 Å². The molecule has 0 N–H and O–H groups in total. The van der Waals surface area contributed by atoms with E-state index in [0.717, 1.165) is 11.6 Å². The summed E-state index contributed by atoms with van der Waals surface area (Å²) in [6, 6.07) is 16.6. The predicted molar refractivity (Wildman–Crippen MR) is 120 cm³/mol. The number of nitro groups is 1. The van der Waals surface area contributed by atoms with Crippen LogP contribution in [0.4, 0.5) is 5.69 Å². The molecule has 1 atom stereocenters. The van der Waals surface area contributed by atoms with Gasteiger partial charge in [-0.2, -0.15) is 0 Å². The van der Waals surface area contributed by atoms with Crippen LogP contribution < -0.4 is 0 Å². The third-order valence-electron chi connectivity index (χ3n) is 4.89. The quantitative estimate of drug-likeness (QED) is 0.263. The van der Waals surface area contributed by atoms with Gasteiger partial charge in [0, 0.05) is 34.7 Å². The number of aryl methyl sites for hydroxylation is 1. The number of non-ortho nitro benzene ring substituents is 1. The number of hydrogen-bond acceptors (Lipinski definition) is 6. The lowest BCUT2D eigenvalue weighted by Gasteiger charge is -2.17. The first-order chi connectivity index (χ1) is 15.1. The molecule has 3 rings (SSSR count). The maximum atomic E-state index is 13.4. The molecule has 0 heterocycles. The zero-order valence-corrected chi connectivity index (χ0v) is 18.5. The van der Waals surface area contributed by atoms with E-state index in [1.165, 1.54) is 54.6 Å². The number of carbonyl (C=O) groups excluding carboxylic acids is 2. The highest BCUT2D eigenvalue weighted by Gasteiger charge is 2.36. The first-order valence-electron chi connectivity index (χ1n) is 9.47. The minimum Gasteiger partial charge on any atom is -0.294 e. The van der Waals surface area contributed by atoms with E-state index in [-0.39, 0.29) is 21.7 Å². The highest BCUT2D eigenvalue weighted by molar-refractivity contribution is 7.92. The van der Waals surface area contributed by atoms with E-state index in [1.54, 1.807) is 19.1 Å². The number of ketones is 2. The second-order valence-electron chi connectivity index (χ2n) is 7.15. The summed E-state index contributed by atoms with van der Waals surface area (Å²) in [5.74, 6) is -1.46. The van der Waals surface area contributed by atoms with E-state index in [2.05, 4.69) is 0 Å². The number of sulfone groups is 1. The Morgan fingerprint density at radius 1 is 0.969 bits per heavy atom. The van der Waals surface area contributed by atoms with Crippen LogP contribution in [0, 0.1) is 17.0 Å². The number of Topliss-reactive ketones (excluding diaryl/α,β-unsaturated/α-hetero) is 2. The monoisotopic (exact) mass is 471 g/mol. The lowest BCUT2D eigenvalue weighted by atomic mass is 10.0. The van der Waals surface area contributed by atoms with E-state index in [1.807, 2.05) is 0 Å². The minimum atomic E-state index is -4.24. The lowest BCUT2D eigenvalue weighted by Crippen LogP contribution is -2.33. The smallest absolute Gasteiger partial charge is 0.270 e. The van der Waals surface area contributed by atoms with Gasteiger partial charge in [0.25, 0.3) is 5.69 Å². The van der Waals surface area contributed by atoms with Crippen molar-refractivity contribution in [1.82, 2.24) is 0 Å². The van der Waals surface area contributed by atoms with Crippen LogP contribution in [0.5, 0.6) is 0 Å². The van der Waals surface area contributed by atoms with Gasteiger partial charge in [-0.05, 0) is 43.3 Å². The molecule has 9 heteroatoms. The SMILES string of the molecule is Cc1ccc(S(=O)(=O)[C@@H](CC(=O)c2cccc([N+](=O)[O-])c2)C(=O)c2ccc(Cl)cc2)cc1. The van der Waals surface area contributed by atoms with Crippen LogP contribution in [0.3, 0.4) is 0 Å². The minimum absolute atomic E-state index is 0.0489. The Morgan fingerprint density at radius 2 is 1.59 bits per heavy atom. The molecule has 3 aromatic rings. The summed E-state index contributed by atoms with van der Waals surface area (Å²) in [5.41, 5.74) is 0.559. The summed E-state index contributed by atoms with van der Waals surface area (Å²) in [7, 11) is -4.24. The molecule has 3 aromatic carbocycles. The molecule has 0 fully saturated rings. The Kier molecular flexibility index (Phi) is 6.86. The van der Waals surface area contributed by atoms with Crippen LogP contribution in [-0.4, -0.2) is 30.2 Å². The summed E-state index contributed by atoms with van der Waals surface area (Å²) >= 11 is 5.86. The van der Waals surface area contributed by atoms with Crippen LogP contribution in [0.15, 0.2) is 77.7 Å². The second kappa shape index (κ2) is 9.42. The Bertz CT molecular complexity index is 1280. The predicted octanol–water partition coefficient (Wildman–Crippen LogP) is 4.85. The molecule has 0 unspecified atom stereocenters. The number of hydrogen-bond donors (Lipinski definition) is 0. The molecule has 32 heavy (non-hydrogen) atoms. The first kappa shape index (κ1) is 23.3. The van der Waals surface area contributed by atoms with Gasteiger partial charge >= 0.3 is 0 Å². The molecule has 0 bridgehead atoms. The summed E-state index contributed by atoms with van der Waals surface area (Å²) in [5, 5.41) is 9.68. The molecule has 0 saturated heterocycles. The van der Waals surface area contributed by atoms with Gasteiger partial charge in [-0.1, -0.05) is 41.4 Å². The fourth-order valence-electron chi connectivity index (χ4n) is 3.11. The average molecular weight is 472 g/mol. The van der Waals surface area contributed by atoms with Crippen LogP contribution in [-0.2, 0) is 9.84 Å². The highest BCUT2D eigenvalue weighted by atomic mass is 35.5. The van der Waals surface area contributed by atoms with Crippen LogP contribution in [0.25, 0.3) is 0 Å². The average Bonchev–Trinajstić information content (AvgIpc) is 2.77. The molecule has 0 radical (unpaired) electrons. The van der Waals surface area contributed by atoms with Crippen molar-refractivity contribution in [2.75, 3.05) is 0 Å². The first-order valence-corrected chi connectivity index (χ1v) is 11.4. The van der Waals surface area contributed by atoms with E-state index in [0.29, 0.717) is 5.02 Å². The van der Waals surface area contributed by atoms with Gasteiger partial charge in [0.2, 0.25) is 0 Å². The number of nitro benzene ring substituents is 1. The summed E-state index contributed by atoms with van der Waals surface area (Å²) in [4.78, 5) is 36.4. The summed E-state index contributed by atoms with van der Waals surface area (Å²) in [6.45, 7) is 1.79. The van der Waals surface area contributed by atoms with Crippen molar-refractivity contribution in [2.24, 2.45) is 0 Å². The largest absolute Gasteiger partial charge is 0.294 e. The number of halogens is 1. The van der Waals surface area contributed by atoms with Crippen molar-refractivity contribution in [3.05, 3.63) is 105 Å². The van der Waals surface area contributed by atoms with Gasteiger partial charge in [0.05, 0.1) is 9.82 Å². The van der Waals surface area contributed by atoms with Gasteiger partial charge < -0.3 is 0 Å². The Labute approximate surface area is 189 Å². The normalized spacial score (nSPS) is 12.2.